The van der Waals surface area contributed by atoms with Gasteiger partial charge in [0.2, 0.25) is 0 Å². The topological polar surface area (TPSA) is 68.5 Å². The Morgan fingerprint density at radius 1 is 1.40 bits per heavy atom. The summed E-state index contributed by atoms with van der Waals surface area (Å²) in [5.74, 6) is -0.378. The fraction of sp³-hybridized carbons (Fsp3) is 0.600. The Morgan fingerprint density at radius 3 is 2.95 bits per heavy atom. The number of aromatic nitrogens is 1. The molecule has 0 radical (unpaired) electrons. The van der Waals surface area contributed by atoms with Gasteiger partial charge in [0.15, 0.2) is 5.78 Å². The van der Waals surface area contributed by atoms with Crippen LogP contribution in [0.25, 0.3) is 0 Å². The van der Waals surface area contributed by atoms with Gasteiger partial charge in [0.25, 0.3) is 0 Å². The van der Waals surface area contributed by atoms with Gasteiger partial charge in [-0.05, 0) is 32.6 Å². The van der Waals surface area contributed by atoms with Gasteiger partial charge in [-0.3, -0.25) is 4.79 Å². The number of esters is 1. The summed E-state index contributed by atoms with van der Waals surface area (Å²) in [4.78, 5) is 24.5. The van der Waals surface area contributed by atoms with Crippen LogP contribution in [0.5, 0.6) is 0 Å². The van der Waals surface area contributed by atoms with Crippen LogP contribution in [0.2, 0.25) is 0 Å². The van der Waals surface area contributed by atoms with E-state index in [0.717, 1.165) is 31.5 Å². The summed E-state index contributed by atoms with van der Waals surface area (Å²) >= 11 is 0. The number of aliphatic hydroxyl groups is 1. The lowest BCUT2D eigenvalue weighted by atomic mass is 9.90. The number of nitrogens with zero attached hydrogens (tertiary/aromatic N) is 1. The summed E-state index contributed by atoms with van der Waals surface area (Å²) in [5.41, 5.74) is 2.37. The van der Waals surface area contributed by atoms with Crippen LogP contribution in [-0.2, 0) is 17.7 Å². The predicted octanol–water partition coefficient (Wildman–Crippen LogP) is 2.01. The highest BCUT2D eigenvalue weighted by Gasteiger charge is 2.37. The summed E-state index contributed by atoms with van der Waals surface area (Å²) in [5, 5.41) is 10.3. The van der Waals surface area contributed by atoms with Crippen LogP contribution in [-0.4, -0.2) is 28.0 Å². The highest BCUT2D eigenvalue weighted by Crippen LogP contribution is 2.38. The van der Waals surface area contributed by atoms with Crippen molar-refractivity contribution in [1.29, 1.82) is 0 Å². The van der Waals surface area contributed by atoms with Gasteiger partial charge in [0.1, 0.15) is 0 Å². The summed E-state index contributed by atoms with van der Waals surface area (Å²) in [7, 11) is 0. The molecule has 1 atom stereocenters. The van der Waals surface area contributed by atoms with Gasteiger partial charge in [0.05, 0.1) is 24.0 Å². The number of aliphatic hydroxyl groups excluding tert-OH is 1. The lowest BCUT2D eigenvalue weighted by Gasteiger charge is -2.21. The number of hydrogen-bond acceptors (Lipinski definition) is 4. The zero-order chi connectivity index (χ0) is 14.3. The summed E-state index contributed by atoms with van der Waals surface area (Å²) < 4.78 is 7.07. The van der Waals surface area contributed by atoms with E-state index in [1.54, 1.807) is 6.92 Å². The molecule has 1 N–H and O–H groups in total. The van der Waals surface area contributed by atoms with Gasteiger partial charge in [-0.2, -0.15) is 0 Å². The molecule has 0 amide bonds. The van der Waals surface area contributed by atoms with E-state index in [2.05, 4.69) is 0 Å². The van der Waals surface area contributed by atoms with Crippen molar-refractivity contribution in [3.8, 4) is 0 Å². The molecule has 0 spiro atoms. The number of ketones is 1. The van der Waals surface area contributed by atoms with E-state index in [0.29, 0.717) is 36.3 Å². The summed E-state index contributed by atoms with van der Waals surface area (Å²) in [6.45, 7) is 2.80. The smallest absolute Gasteiger partial charge is 0.340 e. The first-order chi connectivity index (χ1) is 9.65. The molecule has 0 aromatic carbocycles. The Kier molecular flexibility index (Phi) is 3.38. The molecule has 5 nitrogen and oxygen atoms in total. The normalized spacial score (nSPS) is 21.3. The average molecular weight is 277 g/mol. The second-order valence-electron chi connectivity index (χ2n) is 5.39. The fourth-order valence-electron chi connectivity index (χ4n) is 3.34. The number of carbonyl (C=O) groups is 2. The number of hydrogen-bond donors (Lipinski definition) is 1. The van der Waals surface area contributed by atoms with Crippen LogP contribution in [0, 0.1) is 0 Å². The molecule has 1 unspecified atom stereocenters. The third-order valence-corrected chi connectivity index (χ3v) is 4.18. The van der Waals surface area contributed by atoms with E-state index < -0.39 is 12.1 Å². The molecule has 1 aliphatic heterocycles. The first-order valence-corrected chi connectivity index (χ1v) is 7.28. The van der Waals surface area contributed by atoms with Crippen LogP contribution >= 0.6 is 0 Å². The predicted molar refractivity (Wildman–Crippen MR) is 71.9 cm³/mol. The van der Waals surface area contributed by atoms with Crippen molar-refractivity contribution in [3.05, 3.63) is 22.5 Å². The SMILES string of the molecule is CCOC(=O)c1c2c(n3c1CCCC3)C(=O)CCC2O. The van der Waals surface area contributed by atoms with E-state index in [-0.39, 0.29) is 5.78 Å². The van der Waals surface area contributed by atoms with E-state index >= 15 is 0 Å². The molecular formula is C15H19NO4. The Hall–Kier alpha value is -1.62. The maximum absolute atomic E-state index is 12.2. The largest absolute Gasteiger partial charge is 0.462 e. The van der Waals surface area contributed by atoms with Gasteiger partial charge in [-0.25, -0.2) is 4.79 Å². The molecule has 3 rings (SSSR count). The number of Topliss-reactive ketones (excluding diaryl/α,β-unsaturated/α-hetero) is 1. The lowest BCUT2D eigenvalue weighted by Crippen LogP contribution is -2.20. The van der Waals surface area contributed by atoms with Crippen LogP contribution in [0.1, 0.15) is 70.8 Å². The second-order valence-corrected chi connectivity index (χ2v) is 5.39. The fourth-order valence-corrected chi connectivity index (χ4v) is 3.34. The minimum atomic E-state index is -0.736. The molecule has 1 aliphatic carbocycles. The Morgan fingerprint density at radius 2 is 2.20 bits per heavy atom. The first kappa shape index (κ1) is 13.4. The molecule has 1 aromatic heterocycles. The number of rotatable bonds is 2. The molecule has 0 bridgehead atoms. The molecule has 1 aromatic rings. The average Bonchev–Trinajstić information content (AvgIpc) is 2.79. The quantitative estimate of drug-likeness (QED) is 0.840. The maximum Gasteiger partial charge on any atom is 0.340 e. The van der Waals surface area contributed by atoms with Crippen LogP contribution in [0.3, 0.4) is 0 Å². The van der Waals surface area contributed by atoms with E-state index in [9.17, 15) is 14.7 Å². The maximum atomic E-state index is 12.2. The van der Waals surface area contributed by atoms with Gasteiger partial charge >= 0.3 is 5.97 Å². The third kappa shape index (κ3) is 1.88. The van der Waals surface area contributed by atoms with Gasteiger partial charge < -0.3 is 14.4 Å². The Bertz CT molecular complexity index is 573. The summed E-state index contributed by atoms with van der Waals surface area (Å²) in [6, 6.07) is 0. The van der Waals surface area contributed by atoms with Crippen molar-refractivity contribution in [2.24, 2.45) is 0 Å². The van der Waals surface area contributed by atoms with Crippen molar-refractivity contribution >= 4 is 11.8 Å². The molecular weight excluding hydrogens is 258 g/mol. The monoisotopic (exact) mass is 277 g/mol. The Balaban J connectivity index is 2.22. The van der Waals surface area contributed by atoms with E-state index in [1.807, 2.05) is 4.57 Å². The number of ether oxygens (including phenoxy) is 1. The molecule has 2 heterocycles. The highest BCUT2D eigenvalue weighted by molar-refractivity contribution is 6.03. The van der Waals surface area contributed by atoms with Gasteiger partial charge in [-0.15, -0.1) is 0 Å². The van der Waals surface area contributed by atoms with Crippen LogP contribution in [0.15, 0.2) is 0 Å². The molecule has 0 saturated heterocycles. The lowest BCUT2D eigenvalue weighted by molar-refractivity contribution is 0.0516. The second kappa shape index (κ2) is 5.05. The van der Waals surface area contributed by atoms with E-state index in [1.165, 1.54) is 0 Å². The molecule has 108 valence electrons. The van der Waals surface area contributed by atoms with Crippen LogP contribution < -0.4 is 0 Å². The van der Waals surface area contributed by atoms with Crippen molar-refractivity contribution in [2.45, 2.75) is 51.7 Å². The standard InChI is InChI=1S/C15H19NO4/c1-2-20-15(19)12-9-5-3-4-8-16(9)14-11(18)7-6-10(17)13(12)14/h10,17H,2-8H2,1H3. The molecule has 0 fully saturated rings. The number of carbonyl (C=O) groups excluding carboxylic acids is 2. The van der Waals surface area contributed by atoms with Crippen LogP contribution in [0.4, 0.5) is 0 Å². The number of fused-ring (bicyclic) bond motifs is 3. The molecule has 0 saturated carbocycles. The van der Waals surface area contributed by atoms with Crippen molar-refractivity contribution < 1.29 is 19.4 Å². The third-order valence-electron chi connectivity index (χ3n) is 4.18. The molecule has 5 heteroatoms. The molecule has 20 heavy (non-hydrogen) atoms. The minimum Gasteiger partial charge on any atom is -0.462 e. The Labute approximate surface area is 117 Å². The van der Waals surface area contributed by atoms with Gasteiger partial charge in [0, 0.05) is 24.2 Å². The molecule has 2 aliphatic rings. The van der Waals surface area contributed by atoms with Crippen molar-refractivity contribution in [2.75, 3.05) is 6.61 Å². The summed E-state index contributed by atoms with van der Waals surface area (Å²) in [6.07, 6.45) is 2.77. The van der Waals surface area contributed by atoms with Gasteiger partial charge in [-0.1, -0.05) is 0 Å². The first-order valence-electron chi connectivity index (χ1n) is 7.28. The zero-order valence-corrected chi connectivity index (χ0v) is 11.6. The minimum absolute atomic E-state index is 0.0315. The highest BCUT2D eigenvalue weighted by atomic mass is 16.5. The zero-order valence-electron chi connectivity index (χ0n) is 11.6. The van der Waals surface area contributed by atoms with Crippen molar-refractivity contribution in [1.82, 2.24) is 4.57 Å². The van der Waals surface area contributed by atoms with Crippen molar-refractivity contribution in [3.63, 3.8) is 0 Å². The van der Waals surface area contributed by atoms with E-state index in [4.69, 9.17) is 4.74 Å².